The van der Waals surface area contributed by atoms with E-state index in [2.05, 4.69) is 11.2 Å². The molecule has 1 aromatic rings. The summed E-state index contributed by atoms with van der Waals surface area (Å²) >= 11 is 0. The van der Waals surface area contributed by atoms with Crippen LogP contribution in [0.3, 0.4) is 0 Å². The van der Waals surface area contributed by atoms with Crippen LogP contribution in [0.5, 0.6) is 5.75 Å². The van der Waals surface area contributed by atoms with Crippen molar-refractivity contribution >= 4 is 0 Å². The Kier molecular flexibility index (Phi) is 4.03. The summed E-state index contributed by atoms with van der Waals surface area (Å²) in [5, 5.41) is 3.17. The molecule has 0 aromatic heterocycles. The first-order chi connectivity index (χ1) is 6.81. The van der Waals surface area contributed by atoms with Crippen molar-refractivity contribution in [3.8, 4) is 18.1 Å². The van der Waals surface area contributed by atoms with E-state index in [9.17, 15) is 0 Å². The molecule has 1 unspecified atom stereocenters. The van der Waals surface area contributed by atoms with Gasteiger partial charge in [0.05, 0.1) is 7.11 Å². The highest BCUT2D eigenvalue weighted by Gasteiger charge is 2.07. The molecule has 0 aliphatic carbocycles. The topological polar surface area (TPSA) is 21.3 Å². The van der Waals surface area contributed by atoms with E-state index in [4.69, 9.17) is 11.2 Å². The fourth-order valence-corrected chi connectivity index (χ4v) is 1.36. The second-order valence-corrected chi connectivity index (χ2v) is 3.03. The zero-order valence-electron chi connectivity index (χ0n) is 8.58. The minimum atomic E-state index is 0.204. The molecule has 1 aromatic carbocycles. The van der Waals surface area contributed by atoms with E-state index in [1.165, 1.54) is 0 Å². The van der Waals surface area contributed by atoms with Gasteiger partial charge < -0.3 is 10.1 Å². The smallest absolute Gasteiger partial charge is 0.119 e. The normalized spacial score (nSPS) is 11.8. The van der Waals surface area contributed by atoms with Gasteiger partial charge in [0.2, 0.25) is 0 Å². The standard InChI is InChI=1S/C12H15NO/c1-4-6-12(13-2)10-7-5-8-11(9-10)14-3/h1,5,7-9,12-13H,6H2,2-3H3. The lowest BCUT2D eigenvalue weighted by Gasteiger charge is -2.14. The van der Waals surface area contributed by atoms with Crippen LogP contribution in [-0.2, 0) is 0 Å². The predicted octanol–water partition coefficient (Wildman–Crippen LogP) is 1.98. The molecule has 1 N–H and O–H groups in total. The van der Waals surface area contributed by atoms with Crippen LogP contribution in [0.15, 0.2) is 24.3 Å². The first kappa shape index (κ1) is 10.6. The highest BCUT2D eigenvalue weighted by molar-refractivity contribution is 5.31. The second kappa shape index (κ2) is 5.31. The van der Waals surface area contributed by atoms with Crippen molar-refractivity contribution in [2.75, 3.05) is 14.2 Å². The summed E-state index contributed by atoms with van der Waals surface area (Å²) in [6, 6.07) is 8.13. The molecule has 2 heteroatoms. The third kappa shape index (κ3) is 2.51. The monoisotopic (exact) mass is 189 g/mol. The van der Waals surface area contributed by atoms with Crippen molar-refractivity contribution in [2.24, 2.45) is 0 Å². The van der Waals surface area contributed by atoms with Gasteiger partial charge in [-0.25, -0.2) is 0 Å². The summed E-state index contributed by atoms with van der Waals surface area (Å²) in [6.45, 7) is 0. The van der Waals surface area contributed by atoms with Crippen LogP contribution >= 0.6 is 0 Å². The molecule has 0 aliphatic heterocycles. The quantitative estimate of drug-likeness (QED) is 0.731. The second-order valence-electron chi connectivity index (χ2n) is 3.03. The molecular weight excluding hydrogens is 174 g/mol. The lowest BCUT2D eigenvalue weighted by molar-refractivity contribution is 0.413. The Morgan fingerprint density at radius 3 is 2.93 bits per heavy atom. The van der Waals surface area contributed by atoms with Gasteiger partial charge in [0, 0.05) is 12.5 Å². The van der Waals surface area contributed by atoms with Gasteiger partial charge in [0.1, 0.15) is 5.75 Å². The van der Waals surface area contributed by atoms with Crippen molar-refractivity contribution in [2.45, 2.75) is 12.5 Å². The number of nitrogens with one attached hydrogen (secondary N) is 1. The number of terminal acetylenes is 1. The average Bonchev–Trinajstić information content (AvgIpc) is 2.26. The number of methoxy groups -OCH3 is 1. The van der Waals surface area contributed by atoms with Gasteiger partial charge in [-0.2, -0.15) is 0 Å². The Morgan fingerprint density at radius 1 is 1.57 bits per heavy atom. The van der Waals surface area contributed by atoms with Gasteiger partial charge in [-0.3, -0.25) is 0 Å². The Hall–Kier alpha value is -1.46. The molecule has 74 valence electrons. The van der Waals surface area contributed by atoms with Crippen molar-refractivity contribution in [1.82, 2.24) is 5.32 Å². The molecule has 0 fully saturated rings. The molecular formula is C12H15NO. The summed E-state index contributed by atoms with van der Waals surface area (Å²) < 4.78 is 5.15. The van der Waals surface area contributed by atoms with Gasteiger partial charge in [-0.05, 0) is 24.7 Å². The molecule has 1 atom stereocenters. The van der Waals surface area contributed by atoms with Gasteiger partial charge in [-0.1, -0.05) is 12.1 Å². The number of ether oxygens (including phenoxy) is 1. The molecule has 0 spiro atoms. The maximum atomic E-state index is 5.29. The van der Waals surface area contributed by atoms with Gasteiger partial charge >= 0.3 is 0 Å². The lowest BCUT2D eigenvalue weighted by Crippen LogP contribution is -2.15. The first-order valence-corrected chi connectivity index (χ1v) is 4.56. The maximum absolute atomic E-state index is 5.29. The average molecular weight is 189 g/mol. The lowest BCUT2D eigenvalue weighted by atomic mass is 10.0. The highest BCUT2D eigenvalue weighted by atomic mass is 16.5. The van der Waals surface area contributed by atoms with Crippen LogP contribution in [-0.4, -0.2) is 14.2 Å². The fourth-order valence-electron chi connectivity index (χ4n) is 1.36. The zero-order valence-corrected chi connectivity index (χ0v) is 8.58. The van der Waals surface area contributed by atoms with E-state index in [0.29, 0.717) is 6.42 Å². The SMILES string of the molecule is C#CCC(NC)c1cccc(OC)c1. The van der Waals surface area contributed by atoms with Crippen molar-refractivity contribution in [1.29, 1.82) is 0 Å². The summed E-state index contributed by atoms with van der Waals surface area (Å²) in [5.41, 5.74) is 1.16. The summed E-state index contributed by atoms with van der Waals surface area (Å²) in [4.78, 5) is 0. The molecule has 0 saturated carbocycles. The molecule has 2 nitrogen and oxygen atoms in total. The number of hydrogen-bond donors (Lipinski definition) is 1. The van der Waals surface area contributed by atoms with Crippen LogP contribution < -0.4 is 10.1 Å². The molecule has 1 rings (SSSR count). The molecule has 0 bridgehead atoms. The maximum Gasteiger partial charge on any atom is 0.119 e. The molecule has 0 radical (unpaired) electrons. The number of benzene rings is 1. The molecule has 0 heterocycles. The minimum Gasteiger partial charge on any atom is -0.497 e. The number of rotatable bonds is 4. The van der Waals surface area contributed by atoms with E-state index in [-0.39, 0.29) is 6.04 Å². The molecule has 0 amide bonds. The van der Waals surface area contributed by atoms with Crippen molar-refractivity contribution < 1.29 is 4.74 Å². The van der Waals surface area contributed by atoms with E-state index >= 15 is 0 Å². The Balaban J connectivity index is 2.87. The third-order valence-electron chi connectivity index (χ3n) is 2.17. The largest absolute Gasteiger partial charge is 0.497 e. The van der Waals surface area contributed by atoms with Crippen LogP contribution in [0.2, 0.25) is 0 Å². The third-order valence-corrected chi connectivity index (χ3v) is 2.17. The zero-order chi connectivity index (χ0) is 10.4. The predicted molar refractivity (Wildman–Crippen MR) is 58.2 cm³/mol. The Labute approximate surface area is 85.3 Å². The highest BCUT2D eigenvalue weighted by Crippen LogP contribution is 2.20. The summed E-state index contributed by atoms with van der Waals surface area (Å²) in [7, 11) is 3.57. The summed E-state index contributed by atoms with van der Waals surface area (Å²) in [5.74, 6) is 3.51. The summed E-state index contributed by atoms with van der Waals surface area (Å²) in [6.07, 6.45) is 5.98. The fraction of sp³-hybridized carbons (Fsp3) is 0.333. The Morgan fingerprint density at radius 2 is 2.36 bits per heavy atom. The van der Waals surface area contributed by atoms with Gasteiger partial charge in [0.15, 0.2) is 0 Å². The van der Waals surface area contributed by atoms with Crippen LogP contribution in [0, 0.1) is 12.3 Å². The van der Waals surface area contributed by atoms with Gasteiger partial charge in [0.25, 0.3) is 0 Å². The van der Waals surface area contributed by atoms with E-state index in [1.807, 2.05) is 31.3 Å². The molecule has 0 aliphatic rings. The molecule has 0 saturated heterocycles. The minimum absolute atomic E-state index is 0.204. The Bertz CT molecular complexity index is 327. The first-order valence-electron chi connectivity index (χ1n) is 4.56. The van der Waals surface area contributed by atoms with E-state index in [0.717, 1.165) is 11.3 Å². The van der Waals surface area contributed by atoms with Crippen LogP contribution in [0.25, 0.3) is 0 Å². The molecule has 14 heavy (non-hydrogen) atoms. The van der Waals surface area contributed by atoms with Crippen LogP contribution in [0.4, 0.5) is 0 Å². The number of hydrogen-bond acceptors (Lipinski definition) is 2. The van der Waals surface area contributed by atoms with E-state index in [1.54, 1.807) is 7.11 Å². The van der Waals surface area contributed by atoms with Crippen molar-refractivity contribution in [3.63, 3.8) is 0 Å². The van der Waals surface area contributed by atoms with Crippen LogP contribution in [0.1, 0.15) is 18.0 Å². The van der Waals surface area contributed by atoms with Gasteiger partial charge in [-0.15, -0.1) is 12.3 Å². The van der Waals surface area contributed by atoms with Crippen molar-refractivity contribution in [3.05, 3.63) is 29.8 Å². The van der Waals surface area contributed by atoms with E-state index < -0.39 is 0 Å².